The fraction of sp³-hybridized carbons (Fsp3) is 1.00. The summed E-state index contributed by atoms with van der Waals surface area (Å²) < 4.78 is 22.1. The monoisotopic (exact) mass is 174 g/mol. The molecule has 0 spiro atoms. The van der Waals surface area contributed by atoms with E-state index in [-0.39, 0.29) is 17.2 Å². The molecule has 0 bridgehead atoms. The molecule has 0 saturated carbocycles. The molecule has 2 rings (SSSR count). The summed E-state index contributed by atoms with van der Waals surface area (Å²) in [5.41, 5.74) is -0.254. The quantitative estimate of drug-likeness (QED) is 0.540. The summed E-state index contributed by atoms with van der Waals surface area (Å²) in [4.78, 5) is 0. The topological polar surface area (TPSA) is 58.9 Å². The third-order valence-corrected chi connectivity index (χ3v) is 4.44. The van der Waals surface area contributed by atoms with Crippen LogP contribution in [0.1, 0.15) is 13.8 Å². The number of fused-ring (bicyclic) bond motifs is 1. The van der Waals surface area contributed by atoms with E-state index >= 15 is 0 Å². The molecule has 11 heavy (non-hydrogen) atoms. The van der Waals surface area contributed by atoms with Crippen LogP contribution in [0.15, 0.2) is 10.2 Å². The lowest BCUT2D eigenvalue weighted by Crippen LogP contribution is -2.51. The van der Waals surface area contributed by atoms with E-state index in [4.69, 9.17) is 0 Å². The van der Waals surface area contributed by atoms with Crippen molar-refractivity contribution in [1.29, 1.82) is 0 Å². The average Bonchev–Trinajstić information content (AvgIpc) is 2.05. The van der Waals surface area contributed by atoms with Crippen molar-refractivity contribution in [2.75, 3.05) is 5.75 Å². The maximum atomic E-state index is 11.0. The first kappa shape index (κ1) is 7.21. The summed E-state index contributed by atoms with van der Waals surface area (Å²) in [5, 5.41) is 7.16. The summed E-state index contributed by atoms with van der Waals surface area (Å²) in [6, 6.07) is 0. The van der Waals surface area contributed by atoms with Gasteiger partial charge in [0.25, 0.3) is 0 Å². The first-order chi connectivity index (χ1) is 4.93. The summed E-state index contributed by atoms with van der Waals surface area (Å²) in [7, 11) is -2.89. The van der Waals surface area contributed by atoms with Crippen LogP contribution >= 0.6 is 0 Å². The van der Waals surface area contributed by atoms with Gasteiger partial charge in [-0.05, 0) is 13.8 Å². The highest BCUT2D eigenvalue weighted by Gasteiger charge is 2.57. The molecule has 2 aliphatic rings. The molecule has 0 amide bonds. The molecule has 0 unspecified atom stereocenters. The molecular weight excluding hydrogens is 164 g/mol. The van der Waals surface area contributed by atoms with Gasteiger partial charge in [0.1, 0.15) is 0 Å². The van der Waals surface area contributed by atoms with E-state index in [9.17, 15) is 8.42 Å². The van der Waals surface area contributed by atoms with Crippen LogP contribution in [-0.4, -0.2) is 25.1 Å². The zero-order chi connectivity index (χ0) is 8.28. The minimum atomic E-state index is -2.89. The predicted molar refractivity (Wildman–Crippen MR) is 40.0 cm³/mol. The van der Waals surface area contributed by atoms with Gasteiger partial charge < -0.3 is 0 Å². The molecule has 2 aliphatic heterocycles. The van der Waals surface area contributed by atoms with Crippen LogP contribution in [0.2, 0.25) is 0 Å². The van der Waals surface area contributed by atoms with Crippen molar-refractivity contribution < 1.29 is 8.42 Å². The first-order valence-corrected chi connectivity index (χ1v) is 5.29. The lowest BCUT2D eigenvalue weighted by atomic mass is 9.90. The molecular formula is C6H10N2O2S. The van der Waals surface area contributed by atoms with Crippen LogP contribution in [-0.2, 0) is 9.84 Å². The molecule has 1 fully saturated rings. The summed E-state index contributed by atoms with van der Waals surface area (Å²) in [6.07, 6.45) is 0. The van der Waals surface area contributed by atoms with Crippen LogP contribution in [0.4, 0.5) is 0 Å². The number of nitrogens with zero attached hydrogens (tertiary/aromatic N) is 2. The van der Waals surface area contributed by atoms with Crippen molar-refractivity contribution in [2.45, 2.75) is 24.8 Å². The zero-order valence-corrected chi connectivity index (χ0v) is 7.30. The number of azo groups is 1. The van der Waals surface area contributed by atoms with Gasteiger partial charge in [-0.1, -0.05) is 0 Å². The summed E-state index contributed by atoms with van der Waals surface area (Å²) >= 11 is 0. The van der Waals surface area contributed by atoms with E-state index < -0.39 is 15.2 Å². The van der Waals surface area contributed by atoms with E-state index in [0.29, 0.717) is 0 Å². The molecule has 0 aromatic heterocycles. The first-order valence-electron chi connectivity index (χ1n) is 3.57. The standard InChI is InChI=1S/C6H10N2O2S/c1-6(2)4-3-11(9,10)5(4)7-8-6/h4-5H,3H2,1-2H3/t4-,5+/m1/s1. The number of hydrogen-bond donors (Lipinski definition) is 0. The highest BCUT2D eigenvalue weighted by atomic mass is 32.2. The Labute approximate surface area is 65.6 Å². The second-order valence-corrected chi connectivity index (χ2v) is 5.84. The van der Waals surface area contributed by atoms with Crippen LogP contribution in [0.25, 0.3) is 0 Å². The van der Waals surface area contributed by atoms with Crippen molar-refractivity contribution in [3.05, 3.63) is 0 Å². The van der Waals surface area contributed by atoms with Gasteiger partial charge in [0, 0.05) is 5.92 Å². The van der Waals surface area contributed by atoms with Crippen LogP contribution in [0, 0.1) is 5.92 Å². The summed E-state index contributed by atoms with van der Waals surface area (Å²) in [5.74, 6) is 0.394. The number of hydrogen-bond acceptors (Lipinski definition) is 4. The second-order valence-electron chi connectivity index (χ2n) is 3.70. The highest BCUT2D eigenvalue weighted by molar-refractivity contribution is 7.93. The molecule has 0 N–H and O–H groups in total. The molecule has 2 heterocycles. The molecule has 62 valence electrons. The Bertz CT molecular complexity index is 317. The van der Waals surface area contributed by atoms with Gasteiger partial charge in [0.15, 0.2) is 15.2 Å². The van der Waals surface area contributed by atoms with Gasteiger partial charge in [-0.3, -0.25) is 0 Å². The largest absolute Gasteiger partial charge is 0.227 e. The normalized spacial score (nSPS) is 43.1. The average molecular weight is 174 g/mol. The van der Waals surface area contributed by atoms with E-state index in [2.05, 4.69) is 10.2 Å². The van der Waals surface area contributed by atoms with Crippen LogP contribution < -0.4 is 0 Å². The van der Waals surface area contributed by atoms with Gasteiger partial charge in [-0.25, -0.2) is 8.42 Å². The maximum Gasteiger partial charge on any atom is 0.178 e. The fourth-order valence-corrected chi connectivity index (χ4v) is 3.59. The maximum absolute atomic E-state index is 11.0. The van der Waals surface area contributed by atoms with Crippen molar-refractivity contribution in [2.24, 2.45) is 16.1 Å². The lowest BCUT2D eigenvalue weighted by molar-refractivity contribution is 0.355. The van der Waals surface area contributed by atoms with Gasteiger partial charge >= 0.3 is 0 Å². The fourth-order valence-electron chi connectivity index (χ4n) is 1.54. The lowest BCUT2D eigenvalue weighted by Gasteiger charge is -2.34. The molecule has 5 heteroatoms. The van der Waals surface area contributed by atoms with Gasteiger partial charge in [0.2, 0.25) is 0 Å². The van der Waals surface area contributed by atoms with Gasteiger partial charge in [-0.2, -0.15) is 10.2 Å². The molecule has 0 radical (unpaired) electrons. The van der Waals surface area contributed by atoms with E-state index in [0.717, 1.165) is 0 Å². The molecule has 1 saturated heterocycles. The number of rotatable bonds is 0. The van der Waals surface area contributed by atoms with Crippen molar-refractivity contribution >= 4 is 9.84 Å². The minimum absolute atomic E-state index is 0.132. The third-order valence-electron chi connectivity index (χ3n) is 2.46. The second kappa shape index (κ2) is 1.65. The van der Waals surface area contributed by atoms with Crippen molar-refractivity contribution in [3.8, 4) is 0 Å². The van der Waals surface area contributed by atoms with Gasteiger partial charge in [-0.15, -0.1) is 0 Å². The van der Waals surface area contributed by atoms with Crippen LogP contribution in [0.5, 0.6) is 0 Å². The Morgan fingerprint density at radius 2 is 2.09 bits per heavy atom. The van der Waals surface area contributed by atoms with Crippen molar-refractivity contribution in [1.82, 2.24) is 0 Å². The third kappa shape index (κ3) is 0.772. The Kier molecular flexibility index (Phi) is 1.08. The summed E-state index contributed by atoms with van der Waals surface area (Å²) in [6.45, 7) is 3.85. The molecule has 2 atom stereocenters. The Balaban J connectivity index is 2.35. The predicted octanol–water partition coefficient (Wildman–Crippen LogP) is 0.602. The van der Waals surface area contributed by atoms with E-state index in [1.54, 1.807) is 0 Å². The molecule has 0 aromatic carbocycles. The zero-order valence-electron chi connectivity index (χ0n) is 6.48. The Morgan fingerprint density at radius 1 is 1.45 bits per heavy atom. The highest BCUT2D eigenvalue weighted by Crippen LogP contribution is 2.44. The SMILES string of the molecule is CC1(C)N=N[C@@H]2[C@H]1CS2(=O)=O. The Morgan fingerprint density at radius 3 is 2.45 bits per heavy atom. The molecule has 0 aliphatic carbocycles. The Hall–Kier alpha value is -0.450. The van der Waals surface area contributed by atoms with Crippen molar-refractivity contribution in [3.63, 3.8) is 0 Å². The van der Waals surface area contributed by atoms with E-state index in [1.807, 2.05) is 13.8 Å². The van der Waals surface area contributed by atoms with E-state index in [1.165, 1.54) is 0 Å². The smallest absolute Gasteiger partial charge is 0.178 e. The molecule has 0 aromatic rings. The number of sulfone groups is 1. The van der Waals surface area contributed by atoms with Crippen LogP contribution in [0.3, 0.4) is 0 Å². The minimum Gasteiger partial charge on any atom is -0.227 e. The van der Waals surface area contributed by atoms with Gasteiger partial charge in [0.05, 0.1) is 11.3 Å². The molecule has 4 nitrogen and oxygen atoms in total.